The Balaban J connectivity index is 1.39. The molecule has 6 heteroatoms. The van der Waals surface area contributed by atoms with Crippen molar-refractivity contribution in [3.63, 3.8) is 0 Å². The molecule has 1 aromatic carbocycles. The number of amides is 1. The Morgan fingerprint density at radius 1 is 1.12 bits per heavy atom. The standard InChI is InChI=1S/C20H27FN4O/c21-17-10-8-16(9-11-17)18-15-19(24-23-18)22-20(26)7-3-6-14-25-12-4-1-2-5-13-25/h8-11,15H,1-7,12-14H2,(H2,22,23,24,26). The number of halogens is 1. The van der Waals surface area contributed by atoms with Crippen LogP contribution in [-0.2, 0) is 4.79 Å². The lowest BCUT2D eigenvalue weighted by Gasteiger charge is -2.19. The van der Waals surface area contributed by atoms with Gasteiger partial charge in [-0.15, -0.1) is 0 Å². The van der Waals surface area contributed by atoms with Crippen molar-refractivity contribution in [2.45, 2.75) is 44.9 Å². The molecule has 0 radical (unpaired) electrons. The monoisotopic (exact) mass is 358 g/mol. The predicted molar refractivity (Wildman–Crippen MR) is 101 cm³/mol. The fraction of sp³-hybridized carbons (Fsp3) is 0.500. The molecule has 1 aliphatic heterocycles. The van der Waals surface area contributed by atoms with Gasteiger partial charge in [0.2, 0.25) is 5.91 Å². The zero-order valence-corrected chi connectivity index (χ0v) is 15.1. The molecule has 2 heterocycles. The fourth-order valence-corrected chi connectivity index (χ4v) is 3.35. The molecule has 0 atom stereocenters. The highest BCUT2D eigenvalue weighted by Crippen LogP contribution is 2.20. The highest BCUT2D eigenvalue weighted by molar-refractivity contribution is 5.90. The molecule has 1 amide bonds. The largest absolute Gasteiger partial charge is 0.311 e. The summed E-state index contributed by atoms with van der Waals surface area (Å²) < 4.78 is 13.0. The number of carbonyl (C=O) groups excluding carboxylic acids is 1. The van der Waals surface area contributed by atoms with Crippen LogP contribution in [0.25, 0.3) is 11.3 Å². The van der Waals surface area contributed by atoms with Crippen molar-refractivity contribution in [1.29, 1.82) is 0 Å². The van der Waals surface area contributed by atoms with Crippen molar-refractivity contribution in [3.05, 3.63) is 36.1 Å². The summed E-state index contributed by atoms with van der Waals surface area (Å²) in [4.78, 5) is 14.6. The molecule has 1 aromatic heterocycles. The summed E-state index contributed by atoms with van der Waals surface area (Å²) in [5.74, 6) is 0.287. The Morgan fingerprint density at radius 3 is 2.58 bits per heavy atom. The van der Waals surface area contributed by atoms with Crippen molar-refractivity contribution in [1.82, 2.24) is 15.1 Å². The quantitative estimate of drug-likeness (QED) is 0.729. The van der Waals surface area contributed by atoms with E-state index in [0.717, 1.165) is 24.9 Å². The molecule has 0 spiro atoms. The van der Waals surface area contributed by atoms with E-state index in [1.165, 1.54) is 50.9 Å². The van der Waals surface area contributed by atoms with Gasteiger partial charge in [-0.1, -0.05) is 12.8 Å². The smallest absolute Gasteiger partial charge is 0.225 e. The average molecular weight is 358 g/mol. The van der Waals surface area contributed by atoms with Gasteiger partial charge in [-0.2, -0.15) is 5.10 Å². The summed E-state index contributed by atoms with van der Waals surface area (Å²) in [7, 11) is 0. The molecule has 0 saturated carbocycles. The number of nitrogens with zero attached hydrogens (tertiary/aromatic N) is 2. The molecule has 0 unspecified atom stereocenters. The van der Waals surface area contributed by atoms with Crippen molar-refractivity contribution in [2.75, 3.05) is 25.0 Å². The van der Waals surface area contributed by atoms with E-state index >= 15 is 0 Å². The molecular formula is C20H27FN4O. The van der Waals surface area contributed by atoms with Crippen LogP contribution in [0.3, 0.4) is 0 Å². The van der Waals surface area contributed by atoms with Crippen molar-refractivity contribution < 1.29 is 9.18 Å². The molecule has 140 valence electrons. The first kappa shape index (κ1) is 18.6. The van der Waals surface area contributed by atoms with Crippen molar-refractivity contribution in [3.8, 4) is 11.3 Å². The second-order valence-electron chi connectivity index (χ2n) is 6.93. The van der Waals surface area contributed by atoms with Gasteiger partial charge in [0.25, 0.3) is 0 Å². The number of likely N-dealkylation sites (tertiary alicyclic amines) is 1. The van der Waals surface area contributed by atoms with E-state index in [0.29, 0.717) is 17.9 Å². The van der Waals surface area contributed by atoms with Crippen LogP contribution in [0.4, 0.5) is 10.2 Å². The molecule has 5 nitrogen and oxygen atoms in total. The highest BCUT2D eigenvalue weighted by Gasteiger charge is 2.10. The second-order valence-corrected chi connectivity index (χ2v) is 6.93. The lowest BCUT2D eigenvalue weighted by Crippen LogP contribution is -2.25. The number of aromatic nitrogens is 2. The molecule has 26 heavy (non-hydrogen) atoms. The summed E-state index contributed by atoms with van der Waals surface area (Å²) in [5.41, 5.74) is 1.49. The average Bonchev–Trinajstić information content (AvgIpc) is 2.94. The van der Waals surface area contributed by atoms with Gasteiger partial charge in [0.15, 0.2) is 0 Å². The number of carbonyl (C=O) groups is 1. The van der Waals surface area contributed by atoms with Crippen LogP contribution >= 0.6 is 0 Å². The van der Waals surface area contributed by atoms with Gasteiger partial charge in [0.1, 0.15) is 11.6 Å². The Hall–Kier alpha value is -2.21. The molecule has 3 rings (SSSR count). The van der Waals surface area contributed by atoms with Crippen LogP contribution in [-0.4, -0.2) is 40.6 Å². The van der Waals surface area contributed by atoms with Crippen LogP contribution < -0.4 is 5.32 Å². The Bertz CT molecular complexity index is 690. The number of hydrogen-bond donors (Lipinski definition) is 2. The first-order chi connectivity index (χ1) is 12.7. The van der Waals surface area contributed by atoms with Gasteiger partial charge in [0.05, 0.1) is 5.69 Å². The number of rotatable bonds is 7. The SMILES string of the molecule is O=C(CCCCN1CCCCCC1)Nc1cc(-c2ccc(F)cc2)n[nH]1. The first-order valence-electron chi connectivity index (χ1n) is 9.54. The lowest BCUT2D eigenvalue weighted by molar-refractivity contribution is -0.116. The normalized spacial score (nSPS) is 15.6. The minimum absolute atomic E-state index is 0.00447. The molecular weight excluding hydrogens is 331 g/mol. The summed E-state index contributed by atoms with van der Waals surface area (Å²) in [6.45, 7) is 3.49. The van der Waals surface area contributed by atoms with E-state index in [1.807, 2.05) is 0 Å². The zero-order valence-electron chi connectivity index (χ0n) is 15.1. The maximum absolute atomic E-state index is 13.0. The van der Waals surface area contributed by atoms with Gasteiger partial charge in [-0.25, -0.2) is 4.39 Å². The van der Waals surface area contributed by atoms with Gasteiger partial charge in [-0.3, -0.25) is 9.89 Å². The maximum atomic E-state index is 13.0. The number of hydrogen-bond acceptors (Lipinski definition) is 3. The number of nitrogens with one attached hydrogen (secondary N) is 2. The number of aromatic amines is 1. The van der Waals surface area contributed by atoms with Crippen molar-refractivity contribution in [2.24, 2.45) is 0 Å². The van der Waals surface area contributed by atoms with Gasteiger partial charge in [0, 0.05) is 18.1 Å². The molecule has 0 aliphatic carbocycles. The van der Waals surface area contributed by atoms with E-state index < -0.39 is 0 Å². The number of anilines is 1. The summed E-state index contributed by atoms with van der Waals surface area (Å²) in [6.07, 6.45) is 7.76. The molecule has 2 aromatic rings. The van der Waals surface area contributed by atoms with Crippen LogP contribution in [0.2, 0.25) is 0 Å². The maximum Gasteiger partial charge on any atom is 0.225 e. The summed E-state index contributed by atoms with van der Waals surface area (Å²) in [6, 6.07) is 7.89. The van der Waals surface area contributed by atoms with E-state index in [4.69, 9.17) is 0 Å². The predicted octanol–water partition coefficient (Wildman–Crippen LogP) is 4.20. The third-order valence-electron chi connectivity index (χ3n) is 4.82. The molecule has 1 fully saturated rings. The number of unbranched alkanes of at least 4 members (excludes halogenated alkanes) is 1. The molecule has 0 bridgehead atoms. The van der Waals surface area contributed by atoms with Gasteiger partial charge >= 0.3 is 0 Å². The minimum Gasteiger partial charge on any atom is -0.311 e. The minimum atomic E-state index is -0.280. The van der Waals surface area contributed by atoms with E-state index in [2.05, 4.69) is 20.4 Å². The fourth-order valence-electron chi connectivity index (χ4n) is 3.35. The zero-order chi connectivity index (χ0) is 18.2. The van der Waals surface area contributed by atoms with Gasteiger partial charge < -0.3 is 10.2 Å². The Kier molecular flexibility index (Phi) is 6.77. The van der Waals surface area contributed by atoms with Crippen molar-refractivity contribution >= 4 is 11.7 Å². The number of benzene rings is 1. The highest BCUT2D eigenvalue weighted by atomic mass is 19.1. The van der Waals surface area contributed by atoms with E-state index in [9.17, 15) is 9.18 Å². The van der Waals surface area contributed by atoms with E-state index in [-0.39, 0.29) is 11.7 Å². The lowest BCUT2D eigenvalue weighted by atomic mass is 10.1. The topological polar surface area (TPSA) is 61.0 Å². The molecule has 2 N–H and O–H groups in total. The van der Waals surface area contributed by atoms with Gasteiger partial charge in [-0.05, 0) is 69.6 Å². The molecule has 1 saturated heterocycles. The summed E-state index contributed by atoms with van der Waals surface area (Å²) >= 11 is 0. The Labute approximate surface area is 154 Å². The molecule has 1 aliphatic rings. The first-order valence-corrected chi connectivity index (χ1v) is 9.54. The van der Waals surface area contributed by atoms with E-state index in [1.54, 1.807) is 18.2 Å². The Morgan fingerprint density at radius 2 is 1.85 bits per heavy atom. The second kappa shape index (κ2) is 9.48. The number of H-pyrrole nitrogens is 1. The van der Waals surface area contributed by atoms with Crippen LogP contribution in [0, 0.1) is 5.82 Å². The third-order valence-corrected chi connectivity index (χ3v) is 4.82. The third kappa shape index (κ3) is 5.66. The van der Waals surface area contributed by atoms with Crippen LogP contribution in [0.1, 0.15) is 44.9 Å². The van der Waals surface area contributed by atoms with Crippen LogP contribution in [0.5, 0.6) is 0 Å². The van der Waals surface area contributed by atoms with Crippen LogP contribution in [0.15, 0.2) is 30.3 Å². The summed E-state index contributed by atoms with van der Waals surface area (Å²) in [5, 5.41) is 9.83.